The average Bonchev–Trinajstić information content (AvgIpc) is 2.96. The summed E-state index contributed by atoms with van der Waals surface area (Å²) in [4.78, 5) is 9.80. The van der Waals surface area contributed by atoms with E-state index >= 15 is 0 Å². The van der Waals surface area contributed by atoms with Crippen LogP contribution < -0.4 is 4.90 Å². The lowest BCUT2D eigenvalue weighted by Gasteiger charge is -2.16. The van der Waals surface area contributed by atoms with Gasteiger partial charge in [-0.1, -0.05) is 0 Å². The zero-order valence-electron chi connectivity index (χ0n) is 9.48. The zero-order chi connectivity index (χ0) is 12.8. The van der Waals surface area contributed by atoms with Gasteiger partial charge in [-0.25, -0.2) is 9.97 Å². The van der Waals surface area contributed by atoms with Crippen molar-refractivity contribution in [2.24, 2.45) is 0 Å². The first-order valence-electron chi connectivity index (χ1n) is 5.71. The van der Waals surface area contributed by atoms with Crippen molar-refractivity contribution in [3.63, 3.8) is 0 Å². The second-order valence-corrected chi connectivity index (χ2v) is 4.30. The number of imidazole rings is 1. The van der Waals surface area contributed by atoms with E-state index in [0.717, 1.165) is 32.1 Å². The van der Waals surface area contributed by atoms with Crippen LogP contribution in [0.5, 0.6) is 0 Å². The highest BCUT2D eigenvalue weighted by atomic mass is 19.4. The van der Waals surface area contributed by atoms with Gasteiger partial charge in [0.05, 0.1) is 0 Å². The first-order chi connectivity index (χ1) is 8.55. The summed E-state index contributed by atoms with van der Waals surface area (Å²) in [6, 6.07) is 0. The Morgan fingerprint density at radius 2 is 1.89 bits per heavy atom. The summed E-state index contributed by atoms with van der Waals surface area (Å²) in [6.45, 7) is 1.64. The van der Waals surface area contributed by atoms with E-state index in [-0.39, 0.29) is 5.65 Å². The molecule has 0 saturated carbocycles. The maximum atomic E-state index is 12.6. The van der Waals surface area contributed by atoms with E-state index in [9.17, 15) is 13.2 Å². The number of anilines is 1. The molecular weight excluding hydrogens is 245 g/mol. The molecule has 18 heavy (non-hydrogen) atoms. The van der Waals surface area contributed by atoms with Crippen LogP contribution >= 0.6 is 0 Å². The van der Waals surface area contributed by atoms with Crippen molar-refractivity contribution in [3.05, 3.63) is 24.3 Å². The van der Waals surface area contributed by atoms with E-state index in [1.807, 2.05) is 4.90 Å². The summed E-state index contributed by atoms with van der Waals surface area (Å²) < 4.78 is 39.3. The minimum Gasteiger partial charge on any atom is -0.354 e. The number of nitrogens with zero attached hydrogens (tertiary/aromatic N) is 4. The largest absolute Gasteiger partial charge is 0.434 e. The first-order valence-corrected chi connectivity index (χ1v) is 5.71. The maximum absolute atomic E-state index is 12.6. The fourth-order valence-electron chi connectivity index (χ4n) is 2.19. The Kier molecular flexibility index (Phi) is 2.42. The fourth-order valence-corrected chi connectivity index (χ4v) is 2.19. The molecule has 7 heteroatoms. The Morgan fingerprint density at radius 1 is 1.17 bits per heavy atom. The van der Waals surface area contributed by atoms with Crippen molar-refractivity contribution in [2.45, 2.75) is 19.0 Å². The van der Waals surface area contributed by atoms with Crippen LogP contribution in [0.25, 0.3) is 5.65 Å². The topological polar surface area (TPSA) is 33.4 Å². The number of aromatic nitrogens is 3. The molecule has 1 saturated heterocycles. The molecule has 96 valence electrons. The number of hydrogen-bond donors (Lipinski definition) is 0. The summed E-state index contributed by atoms with van der Waals surface area (Å²) in [5.41, 5.74) is -0.609. The third-order valence-corrected chi connectivity index (χ3v) is 3.05. The second kappa shape index (κ2) is 3.86. The van der Waals surface area contributed by atoms with E-state index in [4.69, 9.17) is 0 Å². The molecular formula is C11H11F3N4. The van der Waals surface area contributed by atoms with Crippen LogP contribution in [0.2, 0.25) is 0 Å². The van der Waals surface area contributed by atoms with E-state index in [1.54, 1.807) is 0 Å². The summed E-state index contributed by atoms with van der Waals surface area (Å²) in [5, 5.41) is 0. The number of halogens is 3. The molecule has 0 aliphatic carbocycles. The summed E-state index contributed by atoms with van der Waals surface area (Å²) in [5.74, 6) is 0.533. The van der Waals surface area contributed by atoms with Gasteiger partial charge in [0.25, 0.3) is 0 Å². The lowest BCUT2D eigenvalue weighted by atomic mass is 10.4. The van der Waals surface area contributed by atoms with Crippen LogP contribution in [0.4, 0.5) is 19.0 Å². The van der Waals surface area contributed by atoms with Gasteiger partial charge in [0, 0.05) is 31.7 Å². The van der Waals surface area contributed by atoms with Crippen LogP contribution in [-0.4, -0.2) is 27.5 Å². The molecule has 0 bridgehead atoms. The Labute approximate surface area is 101 Å². The third kappa shape index (κ3) is 1.79. The summed E-state index contributed by atoms with van der Waals surface area (Å²) >= 11 is 0. The summed E-state index contributed by atoms with van der Waals surface area (Å²) in [7, 11) is 0. The Balaban J connectivity index is 2.12. The third-order valence-electron chi connectivity index (χ3n) is 3.05. The Hall–Kier alpha value is -1.79. The van der Waals surface area contributed by atoms with Crippen molar-refractivity contribution >= 4 is 11.5 Å². The van der Waals surface area contributed by atoms with Crippen LogP contribution in [0.15, 0.2) is 18.6 Å². The van der Waals surface area contributed by atoms with Gasteiger partial charge >= 0.3 is 6.18 Å². The molecule has 0 radical (unpaired) electrons. The lowest BCUT2D eigenvalue weighted by molar-refractivity contribution is -0.140. The van der Waals surface area contributed by atoms with Crippen LogP contribution in [0.3, 0.4) is 0 Å². The highest BCUT2D eigenvalue weighted by Gasteiger charge is 2.34. The SMILES string of the molecule is FC(F)(F)c1cn2ccnc(N3CCCC3)c2n1. The molecule has 0 aromatic carbocycles. The number of hydrogen-bond acceptors (Lipinski definition) is 3. The van der Waals surface area contributed by atoms with Crippen molar-refractivity contribution < 1.29 is 13.2 Å². The van der Waals surface area contributed by atoms with Gasteiger partial charge in [0.15, 0.2) is 17.2 Å². The van der Waals surface area contributed by atoms with Gasteiger partial charge < -0.3 is 9.30 Å². The predicted molar refractivity (Wildman–Crippen MR) is 59.4 cm³/mol. The maximum Gasteiger partial charge on any atom is 0.434 e. The van der Waals surface area contributed by atoms with Crippen molar-refractivity contribution in [3.8, 4) is 0 Å². The highest BCUT2D eigenvalue weighted by molar-refractivity contribution is 5.65. The van der Waals surface area contributed by atoms with Crippen molar-refractivity contribution in [1.29, 1.82) is 0 Å². The van der Waals surface area contributed by atoms with Crippen LogP contribution in [0, 0.1) is 0 Å². The van der Waals surface area contributed by atoms with E-state index in [2.05, 4.69) is 9.97 Å². The van der Waals surface area contributed by atoms with E-state index < -0.39 is 11.9 Å². The summed E-state index contributed by atoms with van der Waals surface area (Å²) in [6.07, 6.45) is 1.63. The van der Waals surface area contributed by atoms with Gasteiger partial charge in [0.2, 0.25) is 0 Å². The van der Waals surface area contributed by atoms with E-state index in [0.29, 0.717) is 5.82 Å². The highest BCUT2D eigenvalue weighted by Crippen LogP contribution is 2.30. The molecule has 3 heterocycles. The minimum atomic E-state index is -4.42. The molecule has 0 N–H and O–H groups in total. The smallest absolute Gasteiger partial charge is 0.354 e. The molecule has 2 aromatic rings. The van der Waals surface area contributed by atoms with Gasteiger partial charge in [-0.2, -0.15) is 13.2 Å². The van der Waals surface area contributed by atoms with E-state index in [1.165, 1.54) is 16.8 Å². The van der Waals surface area contributed by atoms with Gasteiger partial charge in [-0.05, 0) is 12.8 Å². The number of rotatable bonds is 1. The van der Waals surface area contributed by atoms with Crippen molar-refractivity contribution in [1.82, 2.24) is 14.4 Å². The normalized spacial score (nSPS) is 16.7. The lowest BCUT2D eigenvalue weighted by Crippen LogP contribution is -2.19. The fraction of sp³-hybridized carbons (Fsp3) is 0.455. The molecule has 2 aromatic heterocycles. The van der Waals surface area contributed by atoms with Crippen molar-refractivity contribution in [2.75, 3.05) is 18.0 Å². The van der Waals surface area contributed by atoms with Crippen LogP contribution in [0.1, 0.15) is 18.5 Å². The number of fused-ring (bicyclic) bond motifs is 1. The Bertz CT molecular complexity index is 569. The predicted octanol–water partition coefficient (Wildman–Crippen LogP) is 2.35. The molecule has 0 amide bonds. The zero-order valence-corrected chi connectivity index (χ0v) is 9.48. The molecule has 3 rings (SSSR count). The molecule has 0 atom stereocenters. The first kappa shape index (κ1) is 11.3. The van der Waals surface area contributed by atoms with Gasteiger partial charge in [0.1, 0.15) is 0 Å². The molecule has 1 fully saturated rings. The monoisotopic (exact) mass is 256 g/mol. The molecule has 1 aliphatic heterocycles. The van der Waals surface area contributed by atoms with Crippen LogP contribution in [-0.2, 0) is 6.18 Å². The molecule has 1 aliphatic rings. The number of alkyl halides is 3. The standard InChI is InChI=1S/C11H11F3N4/c12-11(13,14)8-7-18-6-3-15-9(10(18)16-8)17-4-1-2-5-17/h3,6-7H,1-2,4-5H2. The average molecular weight is 256 g/mol. The van der Waals surface area contributed by atoms with Gasteiger partial charge in [-0.3, -0.25) is 0 Å². The molecule has 0 unspecified atom stereocenters. The molecule has 4 nitrogen and oxygen atoms in total. The minimum absolute atomic E-state index is 0.270. The quantitative estimate of drug-likeness (QED) is 0.785. The van der Waals surface area contributed by atoms with Gasteiger partial charge in [-0.15, -0.1) is 0 Å². The second-order valence-electron chi connectivity index (χ2n) is 4.30. The Morgan fingerprint density at radius 3 is 2.56 bits per heavy atom. The molecule has 0 spiro atoms.